The van der Waals surface area contributed by atoms with Crippen molar-refractivity contribution in [3.8, 4) is 5.69 Å². The minimum atomic E-state index is -4.52. The second-order valence-electron chi connectivity index (χ2n) is 6.59. The number of aromatic nitrogens is 5. The molecule has 0 spiro atoms. The third-order valence-corrected chi connectivity index (χ3v) is 4.49. The van der Waals surface area contributed by atoms with E-state index in [9.17, 15) is 22.4 Å². The van der Waals surface area contributed by atoms with E-state index < -0.39 is 17.6 Å². The highest BCUT2D eigenvalue weighted by atomic mass is 19.4. The zero-order valence-corrected chi connectivity index (χ0v) is 16.6. The molecule has 8 nitrogen and oxygen atoms in total. The van der Waals surface area contributed by atoms with E-state index >= 15 is 0 Å². The maximum atomic E-state index is 13.8. The van der Waals surface area contributed by atoms with Crippen LogP contribution >= 0.6 is 0 Å². The van der Waals surface area contributed by atoms with Gasteiger partial charge in [0.25, 0.3) is 5.91 Å². The first-order valence-corrected chi connectivity index (χ1v) is 9.31. The number of hydrogen-bond acceptors (Lipinski definition) is 6. The molecule has 1 atom stereocenters. The molecule has 0 radical (unpaired) electrons. The Morgan fingerprint density at radius 3 is 2.42 bits per heavy atom. The van der Waals surface area contributed by atoms with Crippen molar-refractivity contribution in [2.24, 2.45) is 0 Å². The average Bonchev–Trinajstić information content (AvgIpc) is 3.27. The van der Waals surface area contributed by atoms with Crippen LogP contribution in [0, 0.1) is 5.82 Å². The molecule has 0 bridgehead atoms. The topological polar surface area (TPSA) is 88.8 Å². The summed E-state index contributed by atoms with van der Waals surface area (Å²) >= 11 is 0. The van der Waals surface area contributed by atoms with Crippen LogP contribution in [0.25, 0.3) is 5.69 Å². The van der Waals surface area contributed by atoms with Gasteiger partial charge in [-0.15, -0.1) is 0 Å². The van der Waals surface area contributed by atoms with Crippen LogP contribution in [0.5, 0.6) is 0 Å². The van der Waals surface area contributed by atoms with Crippen LogP contribution in [0.15, 0.2) is 43.0 Å². The third kappa shape index (κ3) is 5.13. The van der Waals surface area contributed by atoms with E-state index in [4.69, 9.17) is 0 Å². The molecule has 164 valence electrons. The molecule has 12 heteroatoms. The SMILES string of the molecule is CCN(C(=O)c1ccc(F)cc1-n1nccn1)[C@@H](C)CNc1ncc(C(F)(F)F)cn1. The lowest BCUT2D eigenvalue weighted by atomic mass is 10.1. The molecule has 3 aromatic rings. The summed E-state index contributed by atoms with van der Waals surface area (Å²) in [6, 6.07) is 3.32. The van der Waals surface area contributed by atoms with Gasteiger partial charge in [-0.2, -0.15) is 28.2 Å². The molecule has 2 heterocycles. The summed E-state index contributed by atoms with van der Waals surface area (Å²) in [5.41, 5.74) is -0.552. The third-order valence-electron chi connectivity index (χ3n) is 4.49. The van der Waals surface area contributed by atoms with Crippen LogP contribution < -0.4 is 5.32 Å². The summed E-state index contributed by atoms with van der Waals surface area (Å²) in [5.74, 6) is -0.912. The first-order chi connectivity index (χ1) is 14.7. The van der Waals surface area contributed by atoms with Gasteiger partial charge in [0.05, 0.1) is 23.5 Å². The fourth-order valence-electron chi connectivity index (χ4n) is 2.92. The maximum absolute atomic E-state index is 13.8. The maximum Gasteiger partial charge on any atom is 0.419 e. The smallest absolute Gasteiger partial charge is 0.352 e. The number of rotatable bonds is 7. The fourth-order valence-corrected chi connectivity index (χ4v) is 2.92. The molecule has 0 aliphatic rings. The second kappa shape index (κ2) is 9.06. The predicted octanol–water partition coefficient (Wildman–Crippen LogP) is 3.18. The van der Waals surface area contributed by atoms with Gasteiger partial charge < -0.3 is 10.2 Å². The van der Waals surface area contributed by atoms with E-state index in [-0.39, 0.29) is 35.7 Å². The van der Waals surface area contributed by atoms with Crippen LogP contribution in [0.1, 0.15) is 29.8 Å². The Kier molecular flexibility index (Phi) is 6.47. The summed E-state index contributed by atoms with van der Waals surface area (Å²) in [6.07, 6.45) is -0.330. The van der Waals surface area contributed by atoms with Crippen molar-refractivity contribution in [2.75, 3.05) is 18.4 Å². The Bertz CT molecular complexity index is 1020. The standard InChI is InChI=1S/C19H19F4N7O/c1-3-29(12(2)9-24-18-25-10-13(11-26-18)19(21,22)23)17(31)15-5-4-14(20)8-16(15)30-27-6-7-28-30/h4-8,10-12H,3,9H2,1-2H3,(H,24,25,26)/t12-/m0/s1. The van der Waals surface area contributed by atoms with Gasteiger partial charge in [-0.1, -0.05) is 0 Å². The van der Waals surface area contributed by atoms with Gasteiger partial charge in [-0.3, -0.25) is 4.79 Å². The zero-order valence-electron chi connectivity index (χ0n) is 16.6. The molecule has 1 N–H and O–H groups in total. The molecule has 0 saturated carbocycles. The van der Waals surface area contributed by atoms with E-state index in [0.717, 1.165) is 4.80 Å². The molecule has 0 saturated heterocycles. The van der Waals surface area contributed by atoms with Gasteiger partial charge in [-0.25, -0.2) is 14.4 Å². The van der Waals surface area contributed by atoms with Gasteiger partial charge in [0.15, 0.2) is 0 Å². The van der Waals surface area contributed by atoms with Gasteiger partial charge >= 0.3 is 6.18 Å². The molecule has 0 aliphatic heterocycles. The lowest BCUT2D eigenvalue weighted by Gasteiger charge is -2.29. The van der Waals surface area contributed by atoms with Crippen LogP contribution in [0.2, 0.25) is 0 Å². The fraction of sp³-hybridized carbons (Fsp3) is 0.316. The predicted molar refractivity (Wildman–Crippen MR) is 103 cm³/mol. The number of nitrogens with one attached hydrogen (secondary N) is 1. The molecule has 0 unspecified atom stereocenters. The van der Waals surface area contributed by atoms with E-state index in [1.54, 1.807) is 13.8 Å². The number of carbonyl (C=O) groups is 1. The van der Waals surface area contributed by atoms with Crippen molar-refractivity contribution in [3.63, 3.8) is 0 Å². The normalized spacial score (nSPS) is 12.5. The summed E-state index contributed by atoms with van der Waals surface area (Å²) < 4.78 is 51.6. The van der Waals surface area contributed by atoms with Crippen molar-refractivity contribution < 1.29 is 22.4 Å². The second-order valence-corrected chi connectivity index (χ2v) is 6.59. The van der Waals surface area contributed by atoms with Gasteiger partial charge in [0, 0.05) is 37.6 Å². The number of likely N-dealkylation sites (N-methyl/N-ethyl adjacent to an activating group) is 1. The highest BCUT2D eigenvalue weighted by Crippen LogP contribution is 2.28. The molecule has 1 amide bonds. The van der Waals surface area contributed by atoms with E-state index in [1.807, 2.05) is 0 Å². The van der Waals surface area contributed by atoms with E-state index in [1.165, 1.54) is 35.5 Å². The number of amides is 1. The van der Waals surface area contributed by atoms with Crippen molar-refractivity contribution in [1.82, 2.24) is 29.9 Å². The number of carbonyl (C=O) groups excluding carboxylic acids is 1. The summed E-state index contributed by atoms with van der Waals surface area (Å²) in [4.78, 5) is 23.2. The Labute approximate surface area is 174 Å². The van der Waals surface area contributed by atoms with Gasteiger partial charge in [0.1, 0.15) is 11.5 Å². The number of halogens is 4. The lowest BCUT2D eigenvalue weighted by molar-refractivity contribution is -0.138. The van der Waals surface area contributed by atoms with Crippen molar-refractivity contribution in [1.29, 1.82) is 0 Å². The Balaban J connectivity index is 1.74. The summed E-state index contributed by atoms with van der Waals surface area (Å²) in [7, 11) is 0. The molecule has 3 rings (SSSR count). The van der Waals surface area contributed by atoms with Crippen molar-refractivity contribution in [3.05, 3.63) is 59.9 Å². The molecule has 31 heavy (non-hydrogen) atoms. The Hall–Kier alpha value is -3.57. The van der Waals surface area contributed by atoms with E-state index in [0.29, 0.717) is 18.9 Å². The number of anilines is 1. The molecular weight excluding hydrogens is 418 g/mol. The number of nitrogens with zero attached hydrogens (tertiary/aromatic N) is 6. The van der Waals surface area contributed by atoms with Crippen LogP contribution in [-0.2, 0) is 6.18 Å². The molecule has 0 fully saturated rings. The highest BCUT2D eigenvalue weighted by Gasteiger charge is 2.31. The molecule has 0 aliphatic carbocycles. The molecule has 2 aromatic heterocycles. The summed E-state index contributed by atoms with van der Waals surface area (Å²) in [5, 5.41) is 10.7. The monoisotopic (exact) mass is 437 g/mol. The first-order valence-electron chi connectivity index (χ1n) is 9.31. The van der Waals surface area contributed by atoms with Crippen molar-refractivity contribution >= 4 is 11.9 Å². The van der Waals surface area contributed by atoms with Crippen LogP contribution in [0.3, 0.4) is 0 Å². The number of hydrogen-bond donors (Lipinski definition) is 1. The molecular formula is C19H19F4N7O. The zero-order chi connectivity index (χ0) is 22.6. The van der Waals surface area contributed by atoms with Crippen LogP contribution in [0.4, 0.5) is 23.5 Å². The quantitative estimate of drug-likeness (QED) is 0.572. The number of alkyl halides is 3. The molecule has 1 aromatic carbocycles. The Morgan fingerprint density at radius 1 is 1.19 bits per heavy atom. The largest absolute Gasteiger partial charge is 0.419 e. The van der Waals surface area contributed by atoms with Crippen molar-refractivity contribution in [2.45, 2.75) is 26.1 Å². The number of benzene rings is 1. The average molecular weight is 437 g/mol. The van der Waals surface area contributed by atoms with Gasteiger partial charge in [0.2, 0.25) is 5.95 Å². The summed E-state index contributed by atoms with van der Waals surface area (Å²) in [6.45, 7) is 4.05. The van der Waals surface area contributed by atoms with Crippen LogP contribution in [-0.4, -0.2) is 54.9 Å². The minimum absolute atomic E-state index is 0.00608. The Morgan fingerprint density at radius 2 is 1.84 bits per heavy atom. The first kappa shape index (κ1) is 22.1. The van der Waals surface area contributed by atoms with Gasteiger partial charge in [-0.05, 0) is 26.0 Å². The lowest BCUT2D eigenvalue weighted by Crippen LogP contribution is -2.42. The van der Waals surface area contributed by atoms with E-state index in [2.05, 4.69) is 25.5 Å². The minimum Gasteiger partial charge on any atom is -0.352 e. The highest BCUT2D eigenvalue weighted by molar-refractivity contribution is 5.98.